The van der Waals surface area contributed by atoms with Crippen LogP contribution in [0.1, 0.15) is 25.2 Å². The number of Topliss-reactive ketones (excluding diaryl/α,β-unsaturated/α-hetero) is 1. The molecule has 0 atom stereocenters. The molecule has 0 aliphatic rings. The van der Waals surface area contributed by atoms with Gasteiger partial charge < -0.3 is 4.40 Å². The molecule has 2 heterocycles. The average molecular weight is 202 g/mol. The number of imidazole rings is 1. The summed E-state index contributed by atoms with van der Waals surface area (Å²) < 4.78 is 2.05. The van der Waals surface area contributed by atoms with Crippen molar-refractivity contribution in [2.75, 3.05) is 0 Å². The van der Waals surface area contributed by atoms with Gasteiger partial charge in [-0.1, -0.05) is 13.0 Å². The molecule has 0 N–H and O–H groups in total. The number of fused-ring (bicyclic) bond motifs is 1. The highest BCUT2D eigenvalue weighted by Crippen LogP contribution is 2.14. The molecule has 0 aromatic carbocycles. The third-order valence-electron chi connectivity index (χ3n) is 2.49. The normalized spacial score (nSPS) is 10.8. The molecule has 78 valence electrons. The maximum Gasteiger partial charge on any atom is 0.134 e. The van der Waals surface area contributed by atoms with Gasteiger partial charge in [0.05, 0.1) is 11.7 Å². The number of ketones is 1. The van der Waals surface area contributed by atoms with Gasteiger partial charge in [-0.25, -0.2) is 4.98 Å². The van der Waals surface area contributed by atoms with Crippen LogP contribution in [0.25, 0.3) is 5.52 Å². The van der Waals surface area contributed by atoms with Crippen molar-refractivity contribution in [3.05, 3.63) is 35.9 Å². The second-order valence-corrected chi connectivity index (χ2v) is 3.70. The van der Waals surface area contributed by atoms with Crippen LogP contribution in [-0.2, 0) is 17.6 Å². The molecule has 0 aliphatic heterocycles. The Balaban J connectivity index is 2.56. The largest absolute Gasteiger partial charge is 0.303 e. The Bertz CT molecular complexity index is 499. The highest BCUT2D eigenvalue weighted by Gasteiger charge is 2.06. The number of hydrogen-bond acceptors (Lipinski definition) is 2. The zero-order valence-corrected chi connectivity index (χ0v) is 9.03. The van der Waals surface area contributed by atoms with E-state index in [-0.39, 0.29) is 5.78 Å². The lowest BCUT2D eigenvalue weighted by atomic mass is 10.1. The minimum Gasteiger partial charge on any atom is -0.303 e. The summed E-state index contributed by atoms with van der Waals surface area (Å²) in [7, 11) is 0. The maximum absolute atomic E-state index is 11.1. The van der Waals surface area contributed by atoms with E-state index < -0.39 is 0 Å². The Morgan fingerprint density at radius 2 is 2.33 bits per heavy atom. The molecule has 0 spiro atoms. The molecule has 2 aromatic rings. The van der Waals surface area contributed by atoms with E-state index in [1.165, 1.54) is 0 Å². The highest BCUT2D eigenvalue weighted by molar-refractivity contribution is 5.80. The Morgan fingerprint density at radius 1 is 1.53 bits per heavy atom. The molecule has 0 unspecified atom stereocenters. The van der Waals surface area contributed by atoms with Gasteiger partial charge in [0.2, 0.25) is 0 Å². The smallest absolute Gasteiger partial charge is 0.134 e. The van der Waals surface area contributed by atoms with Crippen LogP contribution in [-0.4, -0.2) is 15.2 Å². The number of pyridine rings is 1. The van der Waals surface area contributed by atoms with Gasteiger partial charge in [-0.2, -0.15) is 0 Å². The molecule has 0 saturated heterocycles. The fourth-order valence-electron chi connectivity index (χ4n) is 1.81. The van der Waals surface area contributed by atoms with Gasteiger partial charge >= 0.3 is 0 Å². The summed E-state index contributed by atoms with van der Waals surface area (Å²) in [6, 6.07) is 3.95. The van der Waals surface area contributed by atoms with Gasteiger partial charge in [0, 0.05) is 19.0 Å². The first-order valence-corrected chi connectivity index (χ1v) is 5.15. The topological polar surface area (TPSA) is 34.4 Å². The number of carbonyl (C=O) groups excluding carboxylic acids is 1. The van der Waals surface area contributed by atoms with Crippen LogP contribution in [0.2, 0.25) is 0 Å². The van der Waals surface area contributed by atoms with Crippen molar-refractivity contribution in [3.8, 4) is 0 Å². The van der Waals surface area contributed by atoms with E-state index >= 15 is 0 Å². The first-order chi connectivity index (χ1) is 7.22. The number of aromatic nitrogens is 2. The standard InChI is InChI=1S/C12H14N2O/c1-3-12-13-8-11-10(7-9(2)15)5-4-6-14(11)12/h4-6,8H,3,7H2,1-2H3. The minimum atomic E-state index is 0.183. The van der Waals surface area contributed by atoms with Gasteiger partial charge in [0.1, 0.15) is 11.6 Å². The zero-order chi connectivity index (χ0) is 10.8. The van der Waals surface area contributed by atoms with E-state index in [2.05, 4.69) is 16.3 Å². The Hall–Kier alpha value is -1.64. The monoisotopic (exact) mass is 202 g/mol. The number of nitrogens with zero attached hydrogens (tertiary/aromatic N) is 2. The van der Waals surface area contributed by atoms with Crippen molar-refractivity contribution in [3.63, 3.8) is 0 Å². The Labute approximate surface area is 88.8 Å². The maximum atomic E-state index is 11.1. The van der Waals surface area contributed by atoms with Crippen molar-refractivity contribution in [2.45, 2.75) is 26.7 Å². The lowest BCUT2D eigenvalue weighted by Gasteiger charge is -2.02. The molecule has 15 heavy (non-hydrogen) atoms. The van der Waals surface area contributed by atoms with Crippen molar-refractivity contribution < 1.29 is 4.79 Å². The summed E-state index contributed by atoms with van der Waals surface area (Å²) >= 11 is 0. The van der Waals surface area contributed by atoms with Crippen molar-refractivity contribution in [1.29, 1.82) is 0 Å². The molecule has 0 radical (unpaired) electrons. The third kappa shape index (κ3) is 1.77. The number of rotatable bonds is 3. The van der Waals surface area contributed by atoms with Gasteiger partial charge in [0.25, 0.3) is 0 Å². The second-order valence-electron chi connectivity index (χ2n) is 3.70. The number of aryl methyl sites for hydroxylation is 1. The predicted octanol–water partition coefficient (Wildman–Crippen LogP) is 2.03. The number of hydrogen-bond donors (Lipinski definition) is 0. The first kappa shape index (κ1) is 9.90. The quantitative estimate of drug-likeness (QED) is 0.763. The molecule has 3 nitrogen and oxygen atoms in total. The number of carbonyl (C=O) groups is 1. The van der Waals surface area contributed by atoms with Crippen molar-refractivity contribution in [1.82, 2.24) is 9.38 Å². The fourth-order valence-corrected chi connectivity index (χ4v) is 1.81. The summed E-state index contributed by atoms with van der Waals surface area (Å²) in [4.78, 5) is 15.4. The van der Waals surface area contributed by atoms with Crippen LogP contribution in [0, 0.1) is 0 Å². The van der Waals surface area contributed by atoms with Crippen LogP contribution >= 0.6 is 0 Å². The van der Waals surface area contributed by atoms with Crippen molar-refractivity contribution in [2.24, 2.45) is 0 Å². The molecule has 0 bridgehead atoms. The lowest BCUT2D eigenvalue weighted by molar-refractivity contribution is -0.116. The van der Waals surface area contributed by atoms with Crippen LogP contribution in [0.3, 0.4) is 0 Å². The van der Waals surface area contributed by atoms with E-state index in [0.717, 1.165) is 23.3 Å². The molecule has 2 rings (SSSR count). The van der Waals surface area contributed by atoms with E-state index in [9.17, 15) is 4.79 Å². The summed E-state index contributed by atoms with van der Waals surface area (Å²) in [5, 5.41) is 0. The van der Waals surface area contributed by atoms with Crippen LogP contribution in [0.5, 0.6) is 0 Å². The molecule has 0 saturated carbocycles. The van der Waals surface area contributed by atoms with E-state index in [4.69, 9.17) is 0 Å². The van der Waals surface area contributed by atoms with Crippen LogP contribution in [0.15, 0.2) is 24.5 Å². The van der Waals surface area contributed by atoms with Gasteiger partial charge in [-0.15, -0.1) is 0 Å². The summed E-state index contributed by atoms with van der Waals surface area (Å²) in [5.74, 6) is 1.22. The molecule has 0 amide bonds. The van der Waals surface area contributed by atoms with E-state index in [1.54, 1.807) is 6.92 Å². The van der Waals surface area contributed by atoms with Crippen molar-refractivity contribution >= 4 is 11.3 Å². The fraction of sp³-hybridized carbons (Fsp3) is 0.333. The predicted molar refractivity (Wildman–Crippen MR) is 59.0 cm³/mol. The molecule has 3 heteroatoms. The summed E-state index contributed by atoms with van der Waals surface area (Å²) in [5.41, 5.74) is 2.10. The van der Waals surface area contributed by atoms with Gasteiger partial charge in [-0.3, -0.25) is 4.79 Å². The molecule has 2 aromatic heterocycles. The molecular formula is C12H14N2O. The second kappa shape index (κ2) is 3.85. The summed E-state index contributed by atoms with van der Waals surface area (Å²) in [6.07, 6.45) is 5.22. The van der Waals surface area contributed by atoms with Gasteiger partial charge in [0.15, 0.2) is 0 Å². The highest BCUT2D eigenvalue weighted by atomic mass is 16.1. The van der Waals surface area contributed by atoms with E-state index in [0.29, 0.717) is 6.42 Å². The molecule has 0 aliphatic carbocycles. The van der Waals surface area contributed by atoms with E-state index in [1.807, 2.05) is 24.5 Å². The third-order valence-corrected chi connectivity index (χ3v) is 2.49. The Kier molecular flexibility index (Phi) is 2.54. The van der Waals surface area contributed by atoms with Crippen LogP contribution in [0.4, 0.5) is 0 Å². The molecule has 0 fully saturated rings. The van der Waals surface area contributed by atoms with Gasteiger partial charge in [-0.05, 0) is 18.6 Å². The summed E-state index contributed by atoms with van der Waals surface area (Å²) in [6.45, 7) is 3.69. The minimum absolute atomic E-state index is 0.183. The average Bonchev–Trinajstić information content (AvgIpc) is 2.61. The van der Waals surface area contributed by atoms with Crippen LogP contribution < -0.4 is 0 Å². The first-order valence-electron chi connectivity index (χ1n) is 5.15. The SMILES string of the molecule is CCc1ncc2c(CC(C)=O)cccn12. The zero-order valence-electron chi connectivity index (χ0n) is 9.03. The molecular weight excluding hydrogens is 188 g/mol. The Morgan fingerprint density at radius 3 is 3.00 bits per heavy atom. The lowest BCUT2D eigenvalue weighted by Crippen LogP contribution is -2.00.